The van der Waals surface area contributed by atoms with E-state index >= 15 is 0 Å². The number of nitrogens with zero attached hydrogens (tertiary/aromatic N) is 1. The van der Waals surface area contributed by atoms with Gasteiger partial charge in [-0.25, -0.2) is 0 Å². The van der Waals surface area contributed by atoms with E-state index in [1.165, 1.54) is 0 Å². The summed E-state index contributed by atoms with van der Waals surface area (Å²) >= 11 is 5.06. The number of thiocarbonyl (C=S) groups is 1. The van der Waals surface area contributed by atoms with Crippen molar-refractivity contribution in [3.63, 3.8) is 0 Å². The van der Waals surface area contributed by atoms with Crippen LogP contribution in [-0.4, -0.2) is 53.9 Å². The number of nitrogens with two attached hydrogens (primary N) is 1. The van der Waals surface area contributed by atoms with E-state index in [9.17, 15) is 5.11 Å². The summed E-state index contributed by atoms with van der Waals surface area (Å²) in [6.07, 6.45) is 2.34. The Hall–Kier alpha value is -0.230. The minimum absolute atomic E-state index is 0.123. The normalized spacial score (nSPS) is 20.1. The zero-order chi connectivity index (χ0) is 13.8. The molecule has 1 rings (SSSR count). The maximum absolute atomic E-state index is 10.4. The van der Waals surface area contributed by atoms with Gasteiger partial charge in [-0.3, -0.25) is 0 Å². The van der Waals surface area contributed by atoms with Crippen LogP contribution in [0.1, 0.15) is 33.1 Å². The van der Waals surface area contributed by atoms with Gasteiger partial charge >= 0.3 is 0 Å². The standard InChI is InChI=1S/C13H26N2O2S/c1-12(2,11(14)18)4-7-15(3)10-13(16)5-8-17-9-6-13/h16H,4-10H2,1-3H3,(H2,14,18). The Morgan fingerprint density at radius 3 is 2.50 bits per heavy atom. The summed E-state index contributed by atoms with van der Waals surface area (Å²) < 4.78 is 5.28. The predicted octanol–water partition coefficient (Wildman–Crippen LogP) is 1.16. The van der Waals surface area contributed by atoms with Gasteiger partial charge in [-0.2, -0.15) is 0 Å². The Balaban J connectivity index is 2.37. The van der Waals surface area contributed by atoms with Gasteiger partial charge in [0.2, 0.25) is 0 Å². The van der Waals surface area contributed by atoms with Crippen molar-refractivity contribution >= 4 is 17.2 Å². The van der Waals surface area contributed by atoms with Crippen LogP contribution < -0.4 is 5.73 Å². The lowest BCUT2D eigenvalue weighted by Crippen LogP contribution is -2.46. The molecule has 1 heterocycles. The van der Waals surface area contributed by atoms with Crippen molar-refractivity contribution in [3.05, 3.63) is 0 Å². The maximum Gasteiger partial charge on any atom is 0.0817 e. The Kier molecular flexibility index (Phi) is 5.52. The number of rotatable bonds is 6. The molecule has 0 aromatic rings. The fourth-order valence-electron chi connectivity index (χ4n) is 2.08. The first kappa shape index (κ1) is 15.8. The van der Waals surface area contributed by atoms with Crippen molar-refractivity contribution in [1.29, 1.82) is 0 Å². The van der Waals surface area contributed by atoms with E-state index in [1.807, 2.05) is 7.05 Å². The van der Waals surface area contributed by atoms with Gasteiger partial charge in [0, 0.05) is 38.0 Å². The van der Waals surface area contributed by atoms with Gasteiger partial charge in [-0.15, -0.1) is 0 Å². The van der Waals surface area contributed by atoms with Crippen molar-refractivity contribution in [2.75, 3.05) is 33.4 Å². The van der Waals surface area contributed by atoms with Crippen LogP contribution in [0.15, 0.2) is 0 Å². The number of likely N-dealkylation sites (N-methyl/N-ethyl adjacent to an activating group) is 1. The molecule has 0 aromatic heterocycles. The third-order valence-corrected chi connectivity index (χ3v) is 4.33. The molecule has 0 atom stereocenters. The molecule has 1 aliphatic heterocycles. The Morgan fingerprint density at radius 2 is 2.00 bits per heavy atom. The highest BCUT2D eigenvalue weighted by molar-refractivity contribution is 7.80. The summed E-state index contributed by atoms with van der Waals surface area (Å²) in [4.78, 5) is 2.71. The van der Waals surface area contributed by atoms with Crippen LogP contribution in [0.2, 0.25) is 0 Å². The van der Waals surface area contributed by atoms with Crippen LogP contribution in [0.3, 0.4) is 0 Å². The summed E-state index contributed by atoms with van der Waals surface area (Å²) in [6, 6.07) is 0. The van der Waals surface area contributed by atoms with Crippen LogP contribution in [0.5, 0.6) is 0 Å². The molecule has 5 heteroatoms. The third kappa shape index (κ3) is 4.80. The molecule has 1 aliphatic rings. The lowest BCUT2D eigenvalue weighted by Gasteiger charge is -2.36. The van der Waals surface area contributed by atoms with Gasteiger partial charge in [0.1, 0.15) is 0 Å². The number of hydrogen-bond donors (Lipinski definition) is 2. The fraction of sp³-hybridized carbons (Fsp3) is 0.923. The molecule has 0 radical (unpaired) electrons. The molecule has 0 saturated carbocycles. The first-order valence-electron chi connectivity index (χ1n) is 6.54. The number of ether oxygens (including phenoxy) is 1. The highest BCUT2D eigenvalue weighted by Gasteiger charge is 2.31. The molecule has 0 bridgehead atoms. The second-order valence-electron chi connectivity index (χ2n) is 6.07. The van der Waals surface area contributed by atoms with Gasteiger partial charge < -0.3 is 20.5 Å². The first-order valence-corrected chi connectivity index (χ1v) is 6.95. The summed E-state index contributed by atoms with van der Waals surface area (Å²) in [7, 11) is 2.03. The zero-order valence-electron chi connectivity index (χ0n) is 11.7. The Morgan fingerprint density at radius 1 is 1.44 bits per heavy atom. The third-order valence-electron chi connectivity index (χ3n) is 3.77. The Labute approximate surface area is 115 Å². The fourth-order valence-corrected chi connectivity index (χ4v) is 2.19. The molecule has 1 fully saturated rings. The van der Waals surface area contributed by atoms with E-state index in [2.05, 4.69) is 18.7 Å². The number of aliphatic hydroxyl groups is 1. The van der Waals surface area contributed by atoms with Gasteiger partial charge in [0.25, 0.3) is 0 Å². The van der Waals surface area contributed by atoms with Crippen molar-refractivity contribution in [2.24, 2.45) is 11.1 Å². The van der Waals surface area contributed by atoms with E-state index in [1.54, 1.807) is 0 Å². The molecular weight excluding hydrogens is 248 g/mol. The van der Waals surface area contributed by atoms with Gasteiger partial charge in [-0.05, 0) is 20.0 Å². The molecule has 0 unspecified atom stereocenters. The summed E-state index contributed by atoms with van der Waals surface area (Å²) in [6.45, 7) is 7.00. The molecule has 0 spiro atoms. The van der Waals surface area contributed by atoms with E-state index < -0.39 is 5.60 Å². The molecular formula is C13H26N2O2S. The van der Waals surface area contributed by atoms with Crippen molar-refractivity contribution in [2.45, 2.75) is 38.7 Å². The largest absolute Gasteiger partial charge is 0.393 e. The van der Waals surface area contributed by atoms with Gasteiger partial charge in [0.05, 0.1) is 10.6 Å². The minimum Gasteiger partial charge on any atom is -0.393 e. The molecule has 4 nitrogen and oxygen atoms in total. The van der Waals surface area contributed by atoms with Crippen molar-refractivity contribution in [1.82, 2.24) is 4.90 Å². The Bertz CT molecular complexity index is 289. The SMILES string of the molecule is CN(CCC(C)(C)C(N)=S)CC1(O)CCOCC1. The lowest BCUT2D eigenvalue weighted by molar-refractivity contribution is -0.0772. The topological polar surface area (TPSA) is 58.7 Å². The van der Waals surface area contributed by atoms with E-state index in [4.69, 9.17) is 22.7 Å². The van der Waals surface area contributed by atoms with E-state index in [0.29, 0.717) is 24.7 Å². The highest BCUT2D eigenvalue weighted by atomic mass is 32.1. The molecule has 18 heavy (non-hydrogen) atoms. The lowest BCUT2D eigenvalue weighted by atomic mass is 9.88. The summed E-state index contributed by atoms with van der Waals surface area (Å²) in [5.74, 6) is 0. The average Bonchev–Trinajstić information content (AvgIpc) is 2.26. The predicted molar refractivity (Wildman–Crippen MR) is 77.7 cm³/mol. The van der Waals surface area contributed by atoms with E-state index in [0.717, 1.165) is 25.8 Å². The van der Waals surface area contributed by atoms with Crippen LogP contribution in [-0.2, 0) is 4.74 Å². The smallest absolute Gasteiger partial charge is 0.0817 e. The van der Waals surface area contributed by atoms with Crippen LogP contribution in [0, 0.1) is 5.41 Å². The second kappa shape index (κ2) is 6.28. The van der Waals surface area contributed by atoms with Gasteiger partial charge in [-0.1, -0.05) is 26.1 Å². The monoisotopic (exact) mass is 274 g/mol. The first-order chi connectivity index (χ1) is 8.25. The average molecular weight is 274 g/mol. The van der Waals surface area contributed by atoms with Crippen molar-refractivity contribution in [3.8, 4) is 0 Å². The zero-order valence-corrected chi connectivity index (χ0v) is 12.6. The molecule has 0 amide bonds. The molecule has 0 aromatic carbocycles. The summed E-state index contributed by atoms with van der Waals surface area (Å²) in [5.41, 5.74) is 4.99. The second-order valence-corrected chi connectivity index (χ2v) is 6.51. The molecule has 0 aliphatic carbocycles. The minimum atomic E-state index is -0.597. The van der Waals surface area contributed by atoms with Gasteiger partial charge in [0.15, 0.2) is 0 Å². The molecule has 1 saturated heterocycles. The highest BCUT2D eigenvalue weighted by Crippen LogP contribution is 2.24. The summed E-state index contributed by atoms with van der Waals surface area (Å²) in [5, 5.41) is 10.4. The van der Waals surface area contributed by atoms with Crippen molar-refractivity contribution < 1.29 is 9.84 Å². The molecule has 106 valence electrons. The molecule has 3 N–H and O–H groups in total. The van der Waals surface area contributed by atoms with E-state index in [-0.39, 0.29) is 5.41 Å². The van der Waals surface area contributed by atoms with Crippen LogP contribution in [0.4, 0.5) is 0 Å². The van der Waals surface area contributed by atoms with Crippen LogP contribution in [0.25, 0.3) is 0 Å². The quantitative estimate of drug-likeness (QED) is 0.712. The van der Waals surface area contributed by atoms with Crippen LogP contribution >= 0.6 is 12.2 Å². The maximum atomic E-state index is 10.4. The number of hydrogen-bond acceptors (Lipinski definition) is 4.